The number of nitrogens with one attached hydrogen (secondary N) is 1. The number of hydrogen-bond acceptors (Lipinski definition) is 6. The monoisotopic (exact) mass is 313 g/mol. The number of hydrogen-bond donors (Lipinski definition) is 1. The van der Waals surface area contributed by atoms with Crippen molar-refractivity contribution in [3.8, 4) is 0 Å². The average Bonchev–Trinajstić information content (AvgIpc) is 2.99. The average molecular weight is 313 g/mol. The number of amidine groups is 1. The summed E-state index contributed by atoms with van der Waals surface area (Å²) in [5.74, 6) is 2.64. The standard InChI is InChI=1S/C12H19N5OS2/c1-8(2)6-17-9(3)15-16-12(17)20-7-10(18)14-11-13-4-5-19-11/h8H,4-7H2,1-3H3,(H,13,14,18). The van der Waals surface area contributed by atoms with Gasteiger partial charge >= 0.3 is 0 Å². The Morgan fingerprint density at radius 1 is 1.50 bits per heavy atom. The first-order valence-corrected chi connectivity index (χ1v) is 8.53. The van der Waals surface area contributed by atoms with E-state index in [4.69, 9.17) is 0 Å². The van der Waals surface area contributed by atoms with Crippen molar-refractivity contribution in [3.05, 3.63) is 5.82 Å². The van der Waals surface area contributed by atoms with Gasteiger partial charge in [-0.2, -0.15) is 0 Å². The van der Waals surface area contributed by atoms with E-state index >= 15 is 0 Å². The van der Waals surface area contributed by atoms with E-state index in [1.165, 1.54) is 11.8 Å². The van der Waals surface area contributed by atoms with Gasteiger partial charge in [-0.25, -0.2) is 0 Å². The third-order valence-electron chi connectivity index (χ3n) is 2.61. The maximum atomic E-state index is 11.8. The van der Waals surface area contributed by atoms with Crippen LogP contribution in [0.3, 0.4) is 0 Å². The molecule has 1 aliphatic rings. The third-order valence-corrected chi connectivity index (χ3v) is 4.47. The van der Waals surface area contributed by atoms with E-state index in [-0.39, 0.29) is 5.91 Å². The molecule has 0 aromatic carbocycles. The second kappa shape index (κ2) is 7.12. The second-order valence-corrected chi connectivity index (χ2v) is 6.93. The van der Waals surface area contributed by atoms with E-state index in [1.54, 1.807) is 11.8 Å². The van der Waals surface area contributed by atoms with Gasteiger partial charge in [0.2, 0.25) is 5.91 Å². The zero-order valence-electron chi connectivity index (χ0n) is 11.9. The highest BCUT2D eigenvalue weighted by molar-refractivity contribution is 8.14. The molecule has 1 amide bonds. The lowest BCUT2D eigenvalue weighted by molar-refractivity contribution is -0.117. The van der Waals surface area contributed by atoms with Crippen molar-refractivity contribution in [1.29, 1.82) is 0 Å². The number of nitrogens with zero attached hydrogens (tertiary/aromatic N) is 4. The molecule has 8 heteroatoms. The van der Waals surface area contributed by atoms with Crippen LogP contribution in [-0.4, -0.2) is 43.9 Å². The van der Waals surface area contributed by atoms with E-state index in [1.807, 2.05) is 6.92 Å². The van der Waals surface area contributed by atoms with Crippen molar-refractivity contribution < 1.29 is 4.79 Å². The third kappa shape index (κ3) is 4.24. The quantitative estimate of drug-likeness (QED) is 0.835. The molecule has 0 saturated carbocycles. The Hall–Kier alpha value is -1.02. The van der Waals surface area contributed by atoms with Crippen LogP contribution in [0.15, 0.2) is 10.1 Å². The Morgan fingerprint density at radius 3 is 2.95 bits per heavy atom. The smallest absolute Gasteiger partial charge is 0.236 e. The van der Waals surface area contributed by atoms with Gasteiger partial charge < -0.3 is 9.88 Å². The van der Waals surface area contributed by atoms with Crippen molar-refractivity contribution in [2.24, 2.45) is 10.9 Å². The molecule has 0 radical (unpaired) electrons. The molecule has 6 nitrogen and oxygen atoms in total. The first-order valence-electron chi connectivity index (χ1n) is 6.56. The van der Waals surface area contributed by atoms with Crippen molar-refractivity contribution in [2.75, 3.05) is 18.1 Å². The number of carbonyl (C=O) groups is 1. The summed E-state index contributed by atoms with van der Waals surface area (Å²) in [7, 11) is 0. The Kier molecular flexibility index (Phi) is 5.47. The van der Waals surface area contributed by atoms with Crippen molar-refractivity contribution >= 4 is 34.6 Å². The van der Waals surface area contributed by atoms with E-state index in [0.29, 0.717) is 11.7 Å². The molecule has 1 aromatic rings. The molecule has 0 aliphatic carbocycles. The molecule has 0 atom stereocenters. The summed E-state index contributed by atoms with van der Waals surface area (Å²) in [6.07, 6.45) is 0. The summed E-state index contributed by atoms with van der Waals surface area (Å²) in [4.78, 5) is 16.0. The van der Waals surface area contributed by atoms with Crippen LogP contribution in [0.4, 0.5) is 0 Å². The molecule has 20 heavy (non-hydrogen) atoms. The predicted octanol–water partition coefficient (Wildman–Crippen LogP) is 1.55. The van der Waals surface area contributed by atoms with Gasteiger partial charge in [0.15, 0.2) is 10.3 Å². The first-order chi connectivity index (χ1) is 9.56. The minimum Gasteiger partial charge on any atom is -0.306 e. The zero-order valence-corrected chi connectivity index (χ0v) is 13.6. The number of aryl methyl sites for hydroxylation is 1. The van der Waals surface area contributed by atoms with Gasteiger partial charge in [0.25, 0.3) is 0 Å². The van der Waals surface area contributed by atoms with Gasteiger partial charge in [0.1, 0.15) is 5.82 Å². The van der Waals surface area contributed by atoms with Crippen LogP contribution in [0.1, 0.15) is 19.7 Å². The van der Waals surface area contributed by atoms with E-state index < -0.39 is 0 Å². The van der Waals surface area contributed by atoms with Crippen molar-refractivity contribution in [2.45, 2.75) is 32.5 Å². The van der Waals surface area contributed by atoms with Gasteiger partial charge in [0.05, 0.1) is 12.3 Å². The SMILES string of the molecule is Cc1nnc(SCC(=O)NC2=NCCS2)n1CC(C)C. The molecule has 110 valence electrons. The Labute approximate surface area is 127 Å². The fourth-order valence-corrected chi connectivity index (χ4v) is 3.28. The number of amides is 1. The lowest BCUT2D eigenvalue weighted by atomic mass is 10.2. The van der Waals surface area contributed by atoms with E-state index in [0.717, 1.165) is 35.0 Å². The molecular formula is C12H19N5OS2. The first kappa shape index (κ1) is 15.4. The van der Waals surface area contributed by atoms with Crippen LogP contribution in [0.5, 0.6) is 0 Å². The Balaban J connectivity index is 1.88. The molecule has 2 rings (SSSR count). The van der Waals surface area contributed by atoms with E-state index in [9.17, 15) is 4.79 Å². The number of rotatable bonds is 5. The van der Waals surface area contributed by atoms with Gasteiger partial charge in [0, 0.05) is 12.3 Å². The Bertz CT molecular complexity index is 512. The lowest BCUT2D eigenvalue weighted by Gasteiger charge is -2.10. The fourth-order valence-electron chi connectivity index (χ4n) is 1.74. The number of thioether (sulfide) groups is 2. The molecular weight excluding hydrogens is 294 g/mol. The molecule has 1 aromatic heterocycles. The molecule has 0 unspecified atom stereocenters. The summed E-state index contributed by atoms with van der Waals surface area (Å²) < 4.78 is 2.06. The summed E-state index contributed by atoms with van der Waals surface area (Å²) in [5.41, 5.74) is 0. The summed E-state index contributed by atoms with van der Waals surface area (Å²) >= 11 is 3.00. The van der Waals surface area contributed by atoms with Crippen LogP contribution in [-0.2, 0) is 11.3 Å². The van der Waals surface area contributed by atoms with Crippen molar-refractivity contribution in [1.82, 2.24) is 20.1 Å². The highest BCUT2D eigenvalue weighted by atomic mass is 32.2. The summed E-state index contributed by atoms with van der Waals surface area (Å²) in [6, 6.07) is 0. The minimum absolute atomic E-state index is 0.0418. The van der Waals surface area contributed by atoms with Gasteiger partial charge in [-0.15, -0.1) is 10.2 Å². The normalized spacial score (nSPS) is 14.7. The fraction of sp³-hybridized carbons (Fsp3) is 0.667. The highest BCUT2D eigenvalue weighted by Crippen LogP contribution is 2.18. The van der Waals surface area contributed by atoms with Gasteiger partial charge in [-0.05, 0) is 12.8 Å². The van der Waals surface area contributed by atoms with Crippen LogP contribution in [0.2, 0.25) is 0 Å². The number of aromatic nitrogens is 3. The summed E-state index contributed by atoms with van der Waals surface area (Å²) in [5, 5.41) is 12.6. The van der Waals surface area contributed by atoms with Gasteiger partial charge in [-0.1, -0.05) is 37.4 Å². The van der Waals surface area contributed by atoms with E-state index in [2.05, 4.69) is 38.9 Å². The van der Waals surface area contributed by atoms with Crippen LogP contribution in [0, 0.1) is 12.8 Å². The van der Waals surface area contributed by atoms with Crippen LogP contribution in [0.25, 0.3) is 0 Å². The maximum absolute atomic E-state index is 11.8. The minimum atomic E-state index is -0.0418. The molecule has 0 fully saturated rings. The van der Waals surface area contributed by atoms with Crippen LogP contribution < -0.4 is 5.32 Å². The zero-order chi connectivity index (χ0) is 14.5. The van der Waals surface area contributed by atoms with Gasteiger partial charge in [-0.3, -0.25) is 9.79 Å². The molecule has 0 spiro atoms. The Morgan fingerprint density at radius 2 is 2.30 bits per heavy atom. The molecule has 1 N–H and O–H groups in total. The number of carbonyl (C=O) groups excluding carboxylic acids is 1. The largest absolute Gasteiger partial charge is 0.306 e. The summed E-state index contributed by atoms with van der Waals surface area (Å²) in [6.45, 7) is 7.89. The lowest BCUT2D eigenvalue weighted by Crippen LogP contribution is -2.29. The van der Waals surface area contributed by atoms with Crippen molar-refractivity contribution in [3.63, 3.8) is 0 Å². The number of aliphatic imine (C=N–C) groups is 1. The highest BCUT2D eigenvalue weighted by Gasteiger charge is 2.14. The molecule has 0 saturated heterocycles. The molecule has 1 aliphatic heterocycles. The second-order valence-electron chi connectivity index (χ2n) is 4.91. The molecule has 0 bridgehead atoms. The predicted molar refractivity (Wildman–Crippen MR) is 83.2 cm³/mol. The topological polar surface area (TPSA) is 72.2 Å². The van der Waals surface area contributed by atoms with Crippen LogP contribution >= 0.6 is 23.5 Å². The molecule has 2 heterocycles. The maximum Gasteiger partial charge on any atom is 0.236 e.